The van der Waals surface area contributed by atoms with Gasteiger partial charge in [0.05, 0.1) is 0 Å². The summed E-state index contributed by atoms with van der Waals surface area (Å²) in [4.78, 5) is 4.11. The molecule has 0 amide bonds. The molecule has 0 aliphatic carbocycles. The molecule has 0 bridgehead atoms. The van der Waals surface area contributed by atoms with Crippen molar-refractivity contribution in [1.29, 1.82) is 0 Å². The van der Waals surface area contributed by atoms with E-state index >= 15 is 0 Å². The Kier molecular flexibility index (Phi) is 4.64. The molecule has 2 N–H and O–H groups in total. The molecule has 5 nitrogen and oxygen atoms in total. The van der Waals surface area contributed by atoms with Crippen LogP contribution in [-0.4, -0.2) is 26.1 Å². The van der Waals surface area contributed by atoms with Crippen LogP contribution in [0.2, 0.25) is 0 Å². The van der Waals surface area contributed by atoms with Crippen molar-refractivity contribution in [2.45, 2.75) is 39.0 Å². The highest BCUT2D eigenvalue weighted by molar-refractivity contribution is 5.35. The number of aromatic nitrogens is 4. The van der Waals surface area contributed by atoms with E-state index in [1.807, 2.05) is 10.5 Å². The van der Waals surface area contributed by atoms with Crippen molar-refractivity contribution in [3.05, 3.63) is 24.4 Å². The molecule has 2 aromatic heterocycles. The fraction of sp³-hybridized carbons (Fsp3) is 0.615. The first-order valence-electron chi connectivity index (χ1n) is 6.68. The first-order valence-corrected chi connectivity index (χ1v) is 6.68. The molecule has 0 saturated carbocycles. The molecule has 2 heterocycles. The summed E-state index contributed by atoms with van der Waals surface area (Å²) in [5.74, 6) is 1.69. The number of nitrogens with zero attached hydrogens (tertiary/aromatic N) is 4. The van der Waals surface area contributed by atoms with Crippen LogP contribution in [0.15, 0.2) is 18.6 Å². The van der Waals surface area contributed by atoms with Crippen LogP contribution in [0.3, 0.4) is 0 Å². The van der Waals surface area contributed by atoms with Gasteiger partial charge in [0.1, 0.15) is 12.2 Å². The monoisotopic (exact) mass is 247 g/mol. The molecule has 0 radical (unpaired) electrons. The van der Waals surface area contributed by atoms with Gasteiger partial charge in [0.15, 0.2) is 5.65 Å². The van der Waals surface area contributed by atoms with Crippen molar-refractivity contribution in [2.75, 3.05) is 6.54 Å². The van der Waals surface area contributed by atoms with Crippen molar-refractivity contribution in [1.82, 2.24) is 19.6 Å². The number of aryl methyl sites for hydroxylation is 1. The molecule has 0 spiro atoms. The van der Waals surface area contributed by atoms with Gasteiger partial charge in [-0.1, -0.05) is 19.8 Å². The smallest absolute Gasteiger partial charge is 0.163 e. The van der Waals surface area contributed by atoms with Crippen LogP contribution in [0.5, 0.6) is 0 Å². The Morgan fingerprint density at radius 1 is 1.28 bits per heavy atom. The lowest BCUT2D eigenvalue weighted by Gasteiger charge is -2.13. The van der Waals surface area contributed by atoms with E-state index in [-0.39, 0.29) is 0 Å². The summed E-state index contributed by atoms with van der Waals surface area (Å²) in [5, 5.41) is 8.37. The van der Waals surface area contributed by atoms with Gasteiger partial charge in [-0.3, -0.25) is 4.40 Å². The van der Waals surface area contributed by atoms with Crippen LogP contribution in [0.4, 0.5) is 0 Å². The minimum Gasteiger partial charge on any atom is -0.330 e. The number of nitrogens with two attached hydrogens (primary N) is 1. The fourth-order valence-corrected chi connectivity index (χ4v) is 2.37. The Hall–Kier alpha value is -1.49. The zero-order chi connectivity index (χ0) is 12.8. The molecule has 0 saturated heterocycles. The topological polar surface area (TPSA) is 69.1 Å². The maximum absolute atomic E-state index is 5.66. The molecule has 2 aromatic rings. The third-order valence-electron chi connectivity index (χ3n) is 3.33. The van der Waals surface area contributed by atoms with Crippen LogP contribution in [-0.2, 0) is 6.42 Å². The van der Waals surface area contributed by atoms with Crippen LogP contribution < -0.4 is 5.73 Å². The summed E-state index contributed by atoms with van der Waals surface area (Å²) < 4.78 is 1.96. The quantitative estimate of drug-likeness (QED) is 0.810. The van der Waals surface area contributed by atoms with Gasteiger partial charge >= 0.3 is 0 Å². The zero-order valence-corrected chi connectivity index (χ0v) is 10.9. The standard InChI is InChI=1S/C13H21N5/c1-2-3-11(6-8-14)4-5-12-16-17-13-7-9-15-10-18(12)13/h7,9-11H,2-6,8,14H2,1H3. The molecule has 0 aliphatic heterocycles. The lowest BCUT2D eigenvalue weighted by molar-refractivity contribution is 0.417. The fourth-order valence-electron chi connectivity index (χ4n) is 2.37. The lowest BCUT2D eigenvalue weighted by atomic mass is 9.94. The van der Waals surface area contributed by atoms with E-state index in [0.29, 0.717) is 5.92 Å². The first-order chi connectivity index (χ1) is 8.85. The van der Waals surface area contributed by atoms with E-state index in [1.165, 1.54) is 12.8 Å². The maximum atomic E-state index is 5.66. The molecule has 1 atom stereocenters. The van der Waals surface area contributed by atoms with Crippen LogP contribution in [0.25, 0.3) is 5.65 Å². The highest BCUT2D eigenvalue weighted by Gasteiger charge is 2.10. The highest BCUT2D eigenvalue weighted by Crippen LogP contribution is 2.17. The number of fused-ring (bicyclic) bond motifs is 1. The van der Waals surface area contributed by atoms with Crippen LogP contribution in [0.1, 0.15) is 38.4 Å². The lowest BCUT2D eigenvalue weighted by Crippen LogP contribution is -2.10. The van der Waals surface area contributed by atoms with Gasteiger partial charge in [-0.15, -0.1) is 10.2 Å². The average Bonchev–Trinajstić information content (AvgIpc) is 2.80. The first kappa shape index (κ1) is 13.0. The summed E-state index contributed by atoms with van der Waals surface area (Å²) in [5.41, 5.74) is 6.52. The van der Waals surface area contributed by atoms with Gasteiger partial charge in [0.25, 0.3) is 0 Å². The van der Waals surface area contributed by atoms with Gasteiger partial charge in [0, 0.05) is 18.7 Å². The van der Waals surface area contributed by atoms with E-state index < -0.39 is 0 Å². The van der Waals surface area contributed by atoms with Crippen molar-refractivity contribution < 1.29 is 0 Å². The molecular weight excluding hydrogens is 226 g/mol. The second-order valence-corrected chi connectivity index (χ2v) is 4.70. The summed E-state index contributed by atoms with van der Waals surface area (Å²) in [6.07, 6.45) is 9.14. The predicted molar refractivity (Wildman–Crippen MR) is 71.2 cm³/mol. The normalized spacial score (nSPS) is 13.0. The Morgan fingerprint density at radius 3 is 2.94 bits per heavy atom. The van der Waals surface area contributed by atoms with Crippen LogP contribution in [0, 0.1) is 5.92 Å². The molecular formula is C13H21N5. The van der Waals surface area contributed by atoms with Gasteiger partial charge in [-0.2, -0.15) is 0 Å². The molecule has 1 unspecified atom stereocenters. The van der Waals surface area contributed by atoms with E-state index in [9.17, 15) is 0 Å². The third kappa shape index (κ3) is 3.04. The second kappa shape index (κ2) is 6.44. The largest absolute Gasteiger partial charge is 0.330 e. The third-order valence-corrected chi connectivity index (χ3v) is 3.33. The molecule has 0 aliphatic rings. The summed E-state index contributed by atoms with van der Waals surface area (Å²) in [6, 6.07) is 1.87. The molecule has 98 valence electrons. The maximum Gasteiger partial charge on any atom is 0.163 e. The zero-order valence-electron chi connectivity index (χ0n) is 10.9. The van der Waals surface area contributed by atoms with Crippen molar-refractivity contribution in [2.24, 2.45) is 11.7 Å². The number of hydrogen-bond donors (Lipinski definition) is 1. The second-order valence-electron chi connectivity index (χ2n) is 4.70. The number of rotatable bonds is 7. The summed E-state index contributed by atoms with van der Waals surface area (Å²) in [6.45, 7) is 2.99. The van der Waals surface area contributed by atoms with Crippen LogP contribution >= 0.6 is 0 Å². The van der Waals surface area contributed by atoms with Gasteiger partial charge < -0.3 is 5.73 Å². The highest BCUT2D eigenvalue weighted by atomic mass is 15.3. The predicted octanol–water partition coefficient (Wildman–Crippen LogP) is 1.82. The van der Waals surface area contributed by atoms with Crippen molar-refractivity contribution in [3.8, 4) is 0 Å². The van der Waals surface area contributed by atoms with E-state index in [4.69, 9.17) is 5.73 Å². The Labute approximate surface area is 107 Å². The number of hydrogen-bond acceptors (Lipinski definition) is 4. The molecule has 2 rings (SSSR count). The SMILES string of the molecule is CCCC(CCN)CCc1nnc2ccncn12. The average molecular weight is 247 g/mol. The van der Waals surface area contributed by atoms with Crippen molar-refractivity contribution >= 4 is 5.65 Å². The molecule has 0 aromatic carbocycles. The van der Waals surface area contributed by atoms with Gasteiger partial charge in [-0.05, 0) is 25.3 Å². The van der Waals surface area contributed by atoms with E-state index in [2.05, 4.69) is 22.1 Å². The molecule has 0 fully saturated rings. The minimum absolute atomic E-state index is 0.698. The molecule has 5 heteroatoms. The summed E-state index contributed by atoms with van der Waals surface area (Å²) >= 11 is 0. The van der Waals surface area contributed by atoms with Gasteiger partial charge in [0.2, 0.25) is 0 Å². The molecule has 18 heavy (non-hydrogen) atoms. The Bertz CT molecular complexity index is 473. The Balaban J connectivity index is 2.00. The van der Waals surface area contributed by atoms with E-state index in [0.717, 1.165) is 37.3 Å². The summed E-state index contributed by atoms with van der Waals surface area (Å²) in [7, 11) is 0. The van der Waals surface area contributed by atoms with Gasteiger partial charge in [-0.25, -0.2) is 4.98 Å². The Morgan fingerprint density at radius 2 is 2.17 bits per heavy atom. The van der Waals surface area contributed by atoms with Crippen molar-refractivity contribution in [3.63, 3.8) is 0 Å². The minimum atomic E-state index is 0.698. The van der Waals surface area contributed by atoms with E-state index in [1.54, 1.807) is 12.5 Å².